The molecule has 200 valence electrons. The second-order valence-electron chi connectivity index (χ2n) is 10.8. The van der Waals surface area contributed by atoms with E-state index in [0.29, 0.717) is 17.5 Å². The number of hydrogen-bond acceptors (Lipinski definition) is 5. The predicted molar refractivity (Wildman–Crippen MR) is 155 cm³/mol. The lowest BCUT2D eigenvalue weighted by Crippen LogP contribution is -2.43. The molecule has 3 heterocycles. The van der Waals surface area contributed by atoms with Gasteiger partial charge in [0.1, 0.15) is 11.6 Å². The molecule has 2 aliphatic rings. The number of aromatic hydroxyl groups is 1. The van der Waals surface area contributed by atoms with Gasteiger partial charge in [-0.25, -0.2) is 4.98 Å². The van der Waals surface area contributed by atoms with Crippen LogP contribution in [0.1, 0.15) is 63.4 Å². The van der Waals surface area contributed by atoms with Gasteiger partial charge in [0.05, 0.1) is 16.5 Å². The summed E-state index contributed by atoms with van der Waals surface area (Å²) in [7, 11) is 0. The van der Waals surface area contributed by atoms with Gasteiger partial charge in [0.2, 0.25) is 0 Å². The van der Waals surface area contributed by atoms with E-state index in [-0.39, 0.29) is 17.7 Å². The number of pyridine rings is 1. The van der Waals surface area contributed by atoms with Crippen LogP contribution < -0.4 is 15.5 Å². The van der Waals surface area contributed by atoms with Crippen molar-refractivity contribution in [3.8, 4) is 16.9 Å². The molecule has 1 aliphatic carbocycles. The van der Waals surface area contributed by atoms with E-state index < -0.39 is 0 Å². The van der Waals surface area contributed by atoms with Gasteiger partial charge in [0, 0.05) is 51.2 Å². The number of rotatable bonds is 8. The molecule has 3 aromatic rings. The van der Waals surface area contributed by atoms with Crippen LogP contribution in [0, 0.1) is 0 Å². The number of nitrogens with zero attached hydrogens (tertiary/aromatic N) is 3. The molecule has 7 heteroatoms. The topological polar surface area (TPSA) is 82.4 Å². The standard InChI is InChI=1S/C31H39N5O2/c1-5-6-22-13-21(4)14-25(22)18-34-31(38)26-15-24(16-27-30(26)28(37)19-36(27)20(2)3)23-7-8-33-29(17-23)35-11-9-32-10-12-35/h7-8,13,15-17,19-20,32,37H,5-6,9-12,14,18H2,1-4H3,(H,34,38). The Morgan fingerprint density at radius 3 is 2.71 bits per heavy atom. The average molecular weight is 514 g/mol. The third kappa shape index (κ3) is 5.20. The normalized spacial score (nSPS) is 16.0. The summed E-state index contributed by atoms with van der Waals surface area (Å²) in [6, 6.07) is 8.22. The molecule has 0 unspecified atom stereocenters. The lowest BCUT2D eigenvalue weighted by Gasteiger charge is -2.28. The molecule has 1 aliphatic heterocycles. The number of benzene rings is 1. The molecule has 5 rings (SSSR count). The second kappa shape index (κ2) is 11.0. The monoisotopic (exact) mass is 513 g/mol. The molecule has 2 aromatic heterocycles. The lowest BCUT2D eigenvalue weighted by atomic mass is 9.99. The fraction of sp³-hybridized carbons (Fsp3) is 0.419. The van der Waals surface area contributed by atoms with Crippen molar-refractivity contribution in [3.63, 3.8) is 0 Å². The minimum Gasteiger partial charge on any atom is -0.506 e. The second-order valence-corrected chi connectivity index (χ2v) is 10.8. The Labute approximate surface area is 225 Å². The van der Waals surface area contributed by atoms with E-state index in [1.54, 1.807) is 6.20 Å². The Balaban J connectivity index is 1.53. The van der Waals surface area contributed by atoms with Crippen LogP contribution in [0.15, 0.2) is 59.5 Å². The van der Waals surface area contributed by atoms with Crippen LogP contribution in [-0.2, 0) is 0 Å². The molecular formula is C31H39N5O2. The molecule has 0 saturated carbocycles. The van der Waals surface area contributed by atoms with Crippen molar-refractivity contribution in [1.82, 2.24) is 20.2 Å². The maximum atomic E-state index is 13.7. The number of hydrogen-bond donors (Lipinski definition) is 3. The maximum Gasteiger partial charge on any atom is 0.252 e. The molecule has 0 radical (unpaired) electrons. The molecule has 3 N–H and O–H groups in total. The molecule has 38 heavy (non-hydrogen) atoms. The average Bonchev–Trinajstić information content (AvgIpc) is 3.46. The number of anilines is 1. The number of allylic oxidation sites excluding steroid dienone is 3. The molecule has 0 bridgehead atoms. The Kier molecular flexibility index (Phi) is 7.56. The highest BCUT2D eigenvalue weighted by molar-refractivity contribution is 6.10. The van der Waals surface area contributed by atoms with E-state index in [4.69, 9.17) is 0 Å². The summed E-state index contributed by atoms with van der Waals surface area (Å²) in [6.45, 7) is 12.7. The summed E-state index contributed by atoms with van der Waals surface area (Å²) >= 11 is 0. The molecule has 1 amide bonds. The number of carbonyl (C=O) groups excluding carboxylic acids is 1. The highest BCUT2D eigenvalue weighted by atomic mass is 16.3. The highest BCUT2D eigenvalue weighted by Crippen LogP contribution is 2.37. The van der Waals surface area contributed by atoms with E-state index in [1.807, 2.05) is 22.9 Å². The van der Waals surface area contributed by atoms with Gasteiger partial charge in [-0.3, -0.25) is 4.79 Å². The first kappa shape index (κ1) is 26.0. The minimum atomic E-state index is -0.169. The van der Waals surface area contributed by atoms with Crippen molar-refractivity contribution < 1.29 is 9.90 Å². The van der Waals surface area contributed by atoms with E-state index in [2.05, 4.69) is 66.4 Å². The first-order chi connectivity index (χ1) is 18.4. The third-order valence-corrected chi connectivity index (χ3v) is 7.58. The molecule has 1 fully saturated rings. The van der Waals surface area contributed by atoms with Crippen LogP contribution in [0.5, 0.6) is 5.75 Å². The van der Waals surface area contributed by atoms with Crippen LogP contribution >= 0.6 is 0 Å². The molecule has 0 atom stereocenters. The minimum absolute atomic E-state index is 0.130. The smallest absolute Gasteiger partial charge is 0.252 e. The van der Waals surface area contributed by atoms with Crippen LogP contribution in [0.4, 0.5) is 5.82 Å². The summed E-state index contributed by atoms with van der Waals surface area (Å²) in [5, 5.41) is 18.1. The number of carbonyl (C=O) groups is 1. The zero-order valence-electron chi connectivity index (χ0n) is 23.0. The van der Waals surface area contributed by atoms with E-state index in [1.165, 1.54) is 16.7 Å². The van der Waals surface area contributed by atoms with Crippen molar-refractivity contribution in [2.24, 2.45) is 0 Å². The molecule has 7 nitrogen and oxygen atoms in total. The summed E-state index contributed by atoms with van der Waals surface area (Å²) in [5.74, 6) is 0.903. The zero-order chi connectivity index (χ0) is 26.8. The summed E-state index contributed by atoms with van der Waals surface area (Å²) in [5.41, 5.74) is 7.25. The Hall–Kier alpha value is -3.58. The zero-order valence-corrected chi connectivity index (χ0v) is 23.0. The van der Waals surface area contributed by atoms with Crippen LogP contribution in [0.2, 0.25) is 0 Å². The predicted octanol–water partition coefficient (Wildman–Crippen LogP) is 5.58. The van der Waals surface area contributed by atoms with Gasteiger partial charge in [-0.1, -0.05) is 25.0 Å². The molecule has 1 saturated heterocycles. The van der Waals surface area contributed by atoms with Crippen molar-refractivity contribution >= 4 is 22.6 Å². The SMILES string of the molecule is CCCC1=C(CNC(=O)c2cc(-c3ccnc(N4CCNCC4)c3)cc3c2c(O)cn3C(C)C)CC(C)=C1. The van der Waals surface area contributed by atoms with Crippen LogP contribution in [0.3, 0.4) is 0 Å². The largest absolute Gasteiger partial charge is 0.506 e. The van der Waals surface area contributed by atoms with Gasteiger partial charge in [-0.15, -0.1) is 0 Å². The van der Waals surface area contributed by atoms with Crippen LogP contribution in [0.25, 0.3) is 22.0 Å². The third-order valence-electron chi connectivity index (χ3n) is 7.58. The van der Waals surface area contributed by atoms with Crippen molar-refractivity contribution in [1.29, 1.82) is 0 Å². The highest BCUT2D eigenvalue weighted by Gasteiger charge is 2.22. The summed E-state index contributed by atoms with van der Waals surface area (Å²) in [4.78, 5) is 20.6. The summed E-state index contributed by atoms with van der Waals surface area (Å²) in [6.07, 6.45) is 8.85. The van der Waals surface area contributed by atoms with Crippen molar-refractivity contribution in [3.05, 3.63) is 65.0 Å². The van der Waals surface area contributed by atoms with Gasteiger partial charge < -0.3 is 25.2 Å². The Morgan fingerprint density at radius 1 is 1.18 bits per heavy atom. The number of piperazine rings is 1. The fourth-order valence-corrected chi connectivity index (χ4v) is 5.68. The molecule has 1 aromatic carbocycles. The summed E-state index contributed by atoms with van der Waals surface area (Å²) < 4.78 is 2.04. The lowest BCUT2D eigenvalue weighted by molar-refractivity contribution is 0.0958. The number of aromatic nitrogens is 2. The van der Waals surface area contributed by atoms with E-state index in [0.717, 1.165) is 67.9 Å². The molecular weight excluding hydrogens is 474 g/mol. The van der Waals surface area contributed by atoms with Crippen LogP contribution in [-0.4, -0.2) is 53.3 Å². The Bertz CT molecular complexity index is 1410. The van der Waals surface area contributed by atoms with Crippen molar-refractivity contribution in [2.45, 2.75) is 53.0 Å². The van der Waals surface area contributed by atoms with Gasteiger partial charge in [-0.2, -0.15) is 0 Å². The maximum absolute atomic E-state index is 13.7. The van der Waals surface area contributed by atoms with Gasteiger partial charge in [0.25, 0.3) is 5.91 Å². The van der Waals surface area contributed by atoms with Gasteiger partial charge in [-0.05, 0) is 80.2 Å². The molecule has 0 spiro atoms. The van der Waals surface area contributed by atoms with Crippen molar-refractivity contribution in [2.75, 3.05) is 37.6 Å². The van der Waals surface area contributed by atoms with E-state index in [9.17, 15) is 9.90 Å². The van der Waals surface area contributed by atoms with E-state index >= 15 is 0 Å². The number of nitrogens with one attached hydrogen (secondary N) is 2. The Morgan fingerprint density at radius 2 is 1.97 bits per heavy atom. The fourth-order valence-electron chi connectivity index (χ4n) is 5.68. The quantitative estimate of drug-likeness (QED) is 0.367. The number of amides is 1. The van der Waals surface area contributed by atoms with Gasteiger partial charge in [0.15, 0.2) is 0 Å². The van der Waals surface area contributed by atoms with Gasteiger partial charge >= 0.3 is 0 Å². The first-order valence-corrected chi connectivity index (χ1v) is 13.8. The number of fused-ring (bicyclic) bond motifs is 1. The first-order valence-electron chi connectivity index (χ1n) is 13.8.